The van der Waals surface area contributed by atoms with Crippen molar-refractivity contribution in [3.8, 4) is 78.7 Å². The highest BCUT2D eigenvalue weighted by atomic mass is 15.0. The predicted molar refractivity (Wildman–Crippen MR) is 302 cm³/mol. The number of aliphatic imine (C=N–C) groups is 1. The highest BCUT2D eigenvalue weighted by Gasteiger charge is 2.52. The molecule has 10 aromatic rings. The summed E-state index contributed by atoms with van der Waals surface area (Å²) < 4.78 is 0. The van der Waals surface area contributed by atoms with E-state index in [0.717, 1.165) is 62.3 Å². The van der Waals surface area contributed by atoms with E-state index in [1.165, 1.54) is 72.3 Å². The molecule has 1 atom stereocenters. The average Bonchev–Trinajstić information content (AvgIpc) is 4.06. The molecule has 13 rings (SSSR count). The van der Waals surface area contributed by atoms with E-state index in [0.29, 0.717) is 17.5 Å². The first-order chi connectivity index (χ1) is 35.9. The van der Waals surface area contributed by atoms with Crippen LogP contribution in [0.5, 0.6) is 0 Å². The zero-order valence-electron chi connectivity index (χ0n) is 41.1. The average molecular weight is 935 g/mol. The van der Waals surface area contributed by atoms with E-state index in [2.05, 4.69) is 209 Å². The second-order valence-electron chi connectivity index (χ2n) is 19.4. The maximum Gasteiger partial charge on any atom is 0.164 e. The van der Waals surface area contributed by atoms with Crippen LogP contribution in [-0.2, 0) is 11.8 Å². The van der Waals surface area contributed by atoms with Crippen LogP contribution in [-0.4, -0.2) is 20.7 Å². The largest absolute Gasteiger partial charge is 0.253 e. The Morgan fingerprint density at radius 1 is 0.479 bits per heavy atom. The monoisotopic (exact) mass is 934 g/mol. The van der Waals surface area contributed by atoms with Crippen LogP contribution in [0.25, 0.3) is 84.2 Å². The Kier molecular flexibility index (Phi) is 10.6. The van der Waals surface area contributed by atoms with Crippen molar-refractivity contribution < 1.29 is 0 Å². The maximum absolute atomic E-state index is 5.26. The lowest BCUT2D eigenvalue weighted by Gasteiger charge is -2.31. The van der Waals surface area contributed by atoms with Crippen LogP contribution in [0.3, 0.4) is 0 Å². The first-order valence-electron chi connectivity index (χ1n) is 25.1. The number of nitrogens with zero attached hydrogens (tertiary/aromatic N) is 4. The third kappa shape index (κ3) is 7.20. The predicted octanol–water partition coefficient (Wildman–Crippen LogP) is 17.1. The van der Waals surface area contributed by atoms with Gasteiger partial charge in [0.2, 0.25) is 0 Å². The fraction of sp³-hybridized carbons (Fsp3) is 0.0725. The number of aryl methyl sites for hydroxylation is 1. The van der Waals surface area contributed by atoms with E-state index >= 15 is 0 Å². The third-order valence-electron chi connectivity index (χ3n) is 15.2. The van der Waals surface area contributed by atoms with Crippen molar-refractivity contribution in [2.24, 2.45) is 4.99 Å². The molecule has 0 bridgehead atoms. The Balaban J connectivity index is 1.02. The molecule has 0 saturated carbocycles. The number of allylic oxidation sites excluding steroid dienone is 5. The van der Waals surface area contributed by atoms with Crippen LogP contribution in [0.4, 0.5) is 5.69 Å². The van der Waals surface area contributed by atoms with Crippen LogP contribution in [0.15, 0.2) is 242 Å². The van der Waals surface area contributed by atoms with E-state index in [1.807, 2.05) is 42.5 Å². The van der Waals surface area contributed by atoms with E-state index in [-0.39, 0.29) is 0 Å². The highest BCUT2D eigenvalue weighted by Crippen LogP contribution is 2.63. The molecular formula is C69H50N4. The first kappa shape index (κ1) is 43.9. The summed E-state index contributed by atoms with van der Waals surface area (Å²) in [5.41, 5.74) is 26.1. The van der Waals surface area contributed by atoms with Gasteiger partial charge < -0.3 is 0 Å². The fourth-order valence-corrected chi connectivity index (χ4v) is 11.7. The molecule has 3 aliphatic rings. The number of hydrogen-bond acceptors (Lipinski definition) is 4. The Labute approximate surface area is 427 Å². The van der Waals surface area contributed by atoms with Gasteiger partial charge >= 0.3 is 0 Å². The molecule has 73 heavy (non-hydrogen) atoms. The third-order valence-corrected chi connectivity index (χ3v) is 15.2. The minimum atomic E-state index is -0.623. The molecule has 0 saturated heterocycles. The molecular weight excluding hydrogens is 885 g/mol. The van der Waals surface area contributed by atoms with Crippen molar-refractivity contribution in [1.29, 1.82) is 0 Å². The van der Waals surface area contributed by atoms with Crippen molar-refractivity contribution in [2.45, 2.75) is 32.6 Å². The van der Waals surface area contributed by atoms with Gasteiger partial charge in [-0.05, 0) is 170 Å². The molecule has 9 aromatic carbocycles. The molecule has 0 fully saturated rings. The van der Waals surface area contributed by atoms with Gasteiger partial charge in [0.1, 0.15) is 0 Å². The Bertz CT molecular complexity index is 3920. The Morgan fingerprint density at radius 2 is 0.986 bits per heavy atom. The summed E-state index contributed by atoms with van der Waals surface area (Å²) in [5, 5.41) is 0. The number of benzene rings is 9. The number of aromatic nitrogens is 3. The quantitative estimate of drug-likeness (QED) is 0.143. The van der Waals surface area contributed by atoms with Gasteiger partial charge in [-0.3, -0.25) is 4.99 Å². The number of rotatable bonds is 8. The van der Waals surface area contributed by atoms with Crippen LogP contribution in [0.2, 0.25) is 0 Å². The van der Waals surface area contributed by atoms with Crippen molar-refractivity contribution in [3.63, 3.8) is 0 Å². The van der Waals surface area contributed by atoms with Crippen molar-refractivity contribution >= 4 is 17.0 Å². The second-order valence-corrected chi connectivity index (χ2v) is 19.4. The van der Waals surface area contributed by atoms with Gasteiger partial charge in [-0.2, -0.15) is 0 Å². The topological polar surface area (TPSA) is 51.0 Å². The van der Waals surface area contributed by atoms with Gasteiger partial charge in [0.15, 0.2) is 17.5 Å². The molecule has 0 N–H and O–H groups in total. The molecule has 1 spiro atoms. The fourth-order valence-electron chi connectivity index (χ4n) is 11.7. The molecule has 1 heterocycles. The summed E-state index contributed by atoms with van der Waals surface area (Å²) in [6, 6.07) is 74.7. The summed E-state index contributed by atoms with van der Waals surface area (Å²) in [6.07, 6.45) is 7.21. The SMILES string of the molecule is C=C/C=C1\C(=C/C)Cc2ccc(-c3cc(C(C)=Nc4ccccc4C)cc(-c4ccc5c(c4)C4(c6ccccc6-5)c5ccccc5-c5ccc(-c6nc(-c7ccccc7)nc(-c7ccccc7)n6)cc54)c3)cc21. The summed E-state index contributed by atoms with van der Waals surface area (Å²) in [7, 11) is 0. The second kappa shape index (κ2) is 17.6. The first-order valence-corrected chi connectivity index (χ1v) is 25.1. The van der Waals surface area contributed by atoms with E-state index in [9.17, 15) is 0 Å². The van der Waals surface area contributed by atoms with Gasteiger partial charge in [0, 0.05) is 22.4 Å². The van der Waals surface area contributed by atoms with Gasteiger partial charge in [-0.1, -0.05) is 189 Å². The standard InChI is InChI=1S/C69H50N4/c1-5-19-55-45(6-2)36-50-31-30-48(40-60(50)55)53-37-52(44(4)70-65-29-18-13-20-43(65)3)38-54(39-53)49-32-34-58-56-25-14-16-27-61(56)69(63(58)41-49)62-28-17-15-26-57(62)59-35-33-51(42-64(59)69)68-72-66(46-21-9-7-10-22-46)71-67(73-68)47-23-11-8-12-24-47/h5-35,37-42H,1,36H2,2-4H3/b45-6-,55-19+,70-44?. The van der Waals surface area contributed by atoms with Crippen LogP contribution in [0, 0.1) is 6.92 Å². The lowest BCUT2D eigenvalue weighted by molar-refractivity contribution is 0.794. The molecule has 0 amide bonds. The molecule has 346 valence electrons. The summed E-state index contributed by atoms with van der Waals surface area (Å²) >= 11 is 0. The van der Waals surface area contributed by atoms with Gasteiger partial charge in [-0.25, -0.2) is 15.0 Å². The zero-order valence-corrected chi connectivity index (χ0v) is 41.1. The number of hydrogen-bond donors (Lipinski definition) is 0. The number of fused-ring (bicyclic) bond motifs is 11. The Morgan fingerprint density at radius 3 is 1.59 bits per heavy atom. The highest BCUT2D eigenvalue weighted by molar-refractivity contribution is 6.03. The van der Waals surface area contributed by atoms with E-state index in [1.54, 1.807) is 0 Å². The van der Waals surface area contributed by atoms with Crippen LogP contribution >= 0.6 is 0 Å². The van der Waals surface area contributed by atoms with E-state index in [4.69, 9.17) is 19.9 Å². The Hall–Kier alpha value is -9.12. The van der Waals surface area contributed by atoms with Crippen LogP contribution < -0.4 is 0 Å². The number of para-hydroxylation sites is 1. The van der Waals surface area contributed by atoms with Gasteiger partial charge in [-0.15, -0.1) is 0 Å². The van der Waals surface area contributed by atoms with E-state index < -0.39 is 5.41 Å². The van der Waals surface area contributed by atoms with Crippen molar-refractivity contribution in [1.82, 2.24) is 15.0 Å². The molecule has 4 heteroatoms. The smallest absolute Gasteiger partial charge is 0.164 e. The maximum atomic E-state index is 5.26. The zero-order chi connectivity index (χ0) is 49.2. The molecule has 0 aliphatic heterocycles. The molecule has 3 aliphatic carbocycles. The molecule has 0 radical (unpaired) electrons. The molecule has 1 unspecified atom stereocenters. The van der Waals surface area contributed by atoms with Gasteiger partial charge in [0.25, 0.3) is 0 Å². The van der Waals surface area contributed by atoms with Crippen LogP contribution in [0.1, 0.15) is 58.4 Å². The lowest BCUT2D eigenvalue weighted by Crippen LogP contribution is -2.26. The molecule has 1 aromatic heterocycles. The summed E-state index contributed by atoms with van der Waals surface area (Å²) in [5.74, 6) is 1.91. The summed E-state index contributed by atoms with van der Waals surface area (Å²) in [4.78, 5) is 20.7. The minimum Gasteiger partial charge on any atom is -0.253 e. The van der Waals surface area contributed by atoms with Crippen molar-refractivity contribution in [2.75, 3.05) is 0 Å². The lowest BCUT2D eigenvalue weighted by atomic mass is 9.70. The van der Waals surface area contributed by atoms with Gasteiger partial charge in [0.05, 0.1) is 11.1 Å². The summed E-state index contributed by atoms with van der Waals surface area (Å²) in [6.45, 7) is 10.5. The minimum absolute atomic E-state index is 0.623. The molecule has 4 nitrogen and oxygen atoms in total. The van der Waals surface area contributed by atoms with Crippen molar-refractivity contribution in [3.05, 3.63) is 281 Å². The normalized spacial score (nSPS) is 16.1.